The number of fused-ring (bicyclic) bond motifs is 1. The molecule has 0 aromatic rings. The standard InChI is InChI=1S/C22H37N2O2/c1-15-7-8-17-16(13-15)18(9-11-21(17,4)23-6)22(5)12-10-19(26-22)20(2,3)24-14-25/h13-14,16-19H,7-12H2,1-6H3,(H,24,25)/q-1. The summed E-state index contributed by atoms with van der Waals surface area (Å²) in [7, 11) is 2.00. The van der Waals surface area contributed by atoms with Crippen LogP contribution in [0.2, 0.25) is 0 Å². The minimum Gasteiger partial charge on any atom is -0.659 e. The maximum absolute atomic E-state index is 11.0. The fourth-order valence-corrected chi connectivity index (χ4v) is 5.93. The Hall–Kier alpha value is -0.870. The number of allylic oxidation sites excluding steroid dienone is 2. The number of amides is 1. The van der Waals surface area contributed by atoms with Crippen molar-refractivity contribution < 1.29 is 9.53 Å². The summed E-state index contributed by atoms with van der Waals surface area (Å²) >= 11 is 0. The van der Waals surface area contributed by atoms with Gasteiger partial charge in [-0.3, -0.25) is 4.79 Å². The molecule has 6 atom stereocenters. The number of rotatable bonds is 5. The van der Waals surface area contributed by atoms with Gasteiger partial charge >= 0.3 is 0 Å². The third kappa shape index (κ3) is 3.35. The molecule has 3 rings (SSSR count). The summed E-state index contributed by atoms with van der Waals surface area (Å²) in [6.45, 7) is 11.1. The van der Waals surface area contributed by atoms with E-state index in [-0.39, 0.29) is 22.8 Å². The van der Waals surface area contributed by atoms with E-state index >= 15 is 0 Å². The first-order valence-electron chi connectivity index (χ1n) is 10.3. The molecule has 4 nitrogen and oxygen atoms in total. The van der Waals surface area contributed by atoms with Gasteiger partial charge < -0.3 is 15.4 Å². The number of carbonyl (C=O) groups is 1. The van der Waals surface area contributed by atoms with Crippen LogP contribution in [0.25, 0.3) is 5.32 Å². The van der Waals surface area contributed by atoms with E-state index in [9.17, 15) is 4.79 Å². The Bertz CT molecular complexity index is 572. The lowest BCUT2D eigenvalue weighted by Gasteiger charge is -2.60. The van der Waals surface area contributed by atoms with E-state index in [0.717, 1.165) is 25.7 Å². The SMILES string of the molecule is C[N-]C1(C)CCC(C2(C)CCC(C(C)(C)NC=O)O2)C2C=C(C)CCC21. The molecule has 2 fully saturated rings. The molecule has 3 aliphatic rings. The summed E-state index contributed by atoms with van der Waals surface area (Å²) in [5.41, 5.74) is 1.20. The quantitative estimate of drug-likeness (QED) is 0.575. The second-order valence-corrected chi connectivity index (χ2v) is 9.90. The summed E-state index contributed by atoms with van der Waals surface area (Å²) in [6.07, 6.45) is 10.3. The third-order valence-corrected chi connectivity index (χ3v) is 7.86. The van der Waals surface area contributed by atoms with Crippen LogP contribution < -0.4 is 5.32 Å². The molecular weight excluding hydrogens is 324 g/mol. The second-order valence-electron chi connectivity index (χ2n) is 9.90. The molecule has 0 aromatic carbocycles. The zero-order valence-corrected chi connectivity index (χ0v) is 17.5. The highest BCUT2D eigenvalue weighted by Crippen LogP contribution is 2.56. The number of hydrogen-bond acceptors (Lipinski definition) is 2. The molecule has 1 amide bonds. The molecule has 6 unspecified atom stereocenters. The van der Waals surface area contributed by atoms with Gasteiger partial charge in [-0.1, -0.05) is 25.0 Å². The van der Waals surface area contributed by atoms with Crippen molar-refractivity contribution in [2.75, 3.05) is 7.05 Å². The van der Waals surface area contributed by atoms with Gasteiger partial charge in [-0.15, -0.1) is 5.54 Å². The first-order chi connectivity index (χ1) is 12.1. The third-order valence-electron chi connectivity index (χ3n) is 7.86. The van der Waals surface area contributed by atoms with Gasteiger partial charge in [0, 0.05) is 0 Å². The highest BCUT2D eigenvalue weighted by Gasteiger charge is 2.53. The number of ether oxygens (including phenoxy) is 1. The van der Waals surface area contributed by atoms with Crippen molar-refractivity contribution in [1.29, 1.82) is 0 Å². The van der Waals surface area contributed by atoms with Crippen LogP contribution in [0.3, 0.4) is 0 Å². The van der Waals surface area contributed by atoms with Gasteiger partial charge in [-0.05, 0) is 77.6 Å². The molecule has 1 N–H and O–H groups in total. The molecule has 0 spiro atoms. The van der Waals surface area contributed by atoms with Crippen molar-refractivity contribution in [3.05, 3.63) is 17.0 Å². The van der Waals surface area contributed by atoms with Gasteiger partial charge in [0.15, 0.2) is 0 Å². The summed E-state index contributed by atoms with van der Waals surface area (Å²) < 4.78 is 6.71. The Morgan fingerprint density at radius 2 is 1.96 bits per heavy atom. The predicted octanol–water partition coefficient (Wildman–Crippen LogP) is 4.59. The van der Waals surface area contributed by atoms with Gasteiger partial charge in [-0.25, -0.2) is 0 Å². The van der Waals surface area contributed by atoms with Crippen molar-refractivity contribution in [3.8, 4) is 0 Å². The normalized spacial score (nSPS) is 43.5. The fourth-order valence-electron chi connectivity index (χ4n) is 5.93. The van der Waals surface area contributed by atoms with Gasteiger partial charge in [0.1, 0.15) is 0 Å². The maximum atomic E-state index is 11.0. The second kappa shape index (κ2) is 6.94. The summed E-state index contributed by atoms with van der Waals surface area (Å²) in [6, 6.07) is 0. The molecule has 1 saturated carbocycles. The largest absolute Gasteiger partial charge is 0.659 e. The van der Waals surface area contributed by atoms with E-state index in [1.165, 1.54) is 24.8 Å². The first kappa shape index (κ1) is 19.9. The van der Waals surface area contributed by atoms with Crippen LogP contribution in [0.15, 0.2) is 11.6 Å². The van der Waals surface area contributed by atoms with Crippen molar-refractivity contribution >= 4 is 6.41 Å². The molecule has 0 bridgehead atoms. The Balaban J connectivity index is 1.84. The van der Waals surface area contributed by atoms with E-state index in [2.05, 4.69) is 46.0 Å². The van der Waals surface area contributed by atoms with Crippen molar-refractivity contribution in [3.63, 3.8) is 0 Å². The molecule has 1 heterocycles. The lowest BCUT2D eigenvalue weighted by molar-refractivity contribution is -0.127. The van der Waals surface area contributed by atoms with Gasteiger partial charge in [0.05, 0.1) is 17.2 Å². The predicted molar refractivity (Wildman–Crippen MR) is 106 cm³/mol. The monoisotopic (exact) mass is 361 g/mol. The van der Waals surface area contributed by atoms with Crippen LogP contribution >= 0.6 is 0 Å². The van der Waals surface area contributed by atoms with Gasteiger partial charge in [-0.2, -0.15) is 7.05 Å². The minimum absolute atomic E-state index is 0.0778. The number of nitrogens with one attached hydrogen (secondary N) is 1. The average Bonchev–Trinajstić information content (AvgIpc) is 2.99. The van der Waals surface area contributed by atoms with Crippen LogP contribution in [-0.2, 0) is 9.53 Å². The molecule has 0 aromatic heterocycles. The summed E-state index contributed by atoms with van der Waals surface area (Å²) in [5.74, 6) is 1.71. The minimum atomic E-state index is -0.320. The Labute approximate surface area is 159 Å². The van der Waals surface area contributed by atoms with Gasteiger partial charge in [0.25, 0.3) is 0 Å². The van der Waals surface area contributed by atoms with Crippen LogP contribution in [0.5, 0.6) is 0 Å². The maximum Gasteiger partial charge on any atom is 0.207 e. The Morgan fingerprint density at radius 1 is 1.23 bits per heavy atom. The molecule has 2 aliphatic carbocycles. The van der Waals surface area contributed by atoms with Crippen LogP contribution in [0, 0.1) is 17.8 Å². The first-order valence-corrected chi connectivity index (χ1v) is 10.3. The fraction of sp³-hybridized carbons (Fsp3) is 0.864. The lowest BCUT2D eigenvalue weighted by atomic mass is 9.56. The zero-order valence-electron chi connectivity index (χ0n) is 17.5. The Morgan fingerprint density at radius 3 is 2.62 bits per heavy atom. The van der Waals surface area contributed by atoms with E-state index in [0.29, 0.717) is 17.8 Å². The van der Waals surface area contributed by atoms with Crippen LogP contribution in [0.4, 0.5) is 0 Å². The zero-order chi connectivity index (χ0) is 19.2. The summed E-state index contributed by atoms with van der Waals surface area (Å²) in [5, 5.41) is 7.79. The van der Waals surface area contributed by atoms with E-state index < -0.39 is 0 Å². The topological polar surface area (TPSA) is 52.4 Å². The van der Waals surface area contributed by atoms with Gasteiger partial charge in [0.2, 0.25) is 6.41 Å². The number of hydrogen-bond donors (Lipinski definition) is 1. The highest BCUT2D eigenvalue weighted by molar-refractivity contribution is 5.48. The van der Waals surface area contributed by atoms with E-state index in [1.54, 1.807) is 0 Å². The van der Waals surface area contributed by atoms with Crippen LogP contribution in [0.1, 0.15) is 73.1 Å². The summed E-state index contributed by atoms with van der Waals surface area (Å²) in [4.78, 5) is 11.0. The Kier molecular flexibility index (Phi) is 5.31. The van der Waals surface area contributed by atoms with E-state index in [4.69, 9.17) is 10.1 Å². The molecule has 148 valence electrons. The smallest absolute Gasteiger partial charge is 0.207 e. The van der Waals surface area contributed by atoms with Crippen molar-refractivity contribution in [2.24, 2.45) is 17.8 Å². The molecule has 1 saturated heterocycles. The molecule has 0 radical (unpaired) electrons. The number of carbonyl (C=O) groups excluding carboxylic acids is 1. The molecule has 26 heavy (non-hydrogen) atoms. The average molecular weight is 362 g/mol. The lowest BCUT2D eigenvalue weighted by Crippen LogP contribution is -2.54. The molecular formula is C22H37N2O2-. The van der Waals surface area contributed by atoms with Crippen LogP contribution in [-0.4, -0.2) is 36.2 Å². The molecule has 1 aliphatic heterocycles. The number of nitrogens with zero attached hydrogens (tertiary/aromatic N) is 1. The molecule has 4 heteroatoms. The van der Waals surface area contributed by atoms with Crippen molar-refractivity contribution in [2.45, 2.75) is 95.9 Å². The highest BCUT2D eigenvalue weighted by atomic mass is 16.5. The van der Waals surface area contributed by atoms with Crippen molar-refractivity contribution in [1.82, 2.24) is 5.32 Å². The van der Waals surface area contributed by atoms with E-state index in [1.807, 2.05) is 7.05 Å².